The van der Waals surface area contributed by atoms with Crippen LogP contribution in [0.15, 0.2) is 60.7 Å². The summed E-state index contributed by atoms with van der Waals surface area (Å²) >= 11 is 0. The fourth-order valence-corrected chi connectivity index (χ4v) is 3.05. The van der Waals surface area contributed by atoms with Crippen molar-refractivity contribution in [2.75, 3.05) is 12.4 Å². The van der Waals surface area contributed by atoms with Gasteiger partial charge < -0.3 is 25.3 Å². The van der Waals surface area contributed by atoms with E-state index >= 15 is 0 Å². The summed E-state index contributed by atoms with van der Waals surface area (Å²) in [6.07, 6.45) is -3.90. The molecule has 0 saturated heterocycles. The van der Waals surface area contributed by atoms with Crippen molar-refractivity contribution in [3.63, 3.8) is 0 Å². The maximum absolute atomic E-state index is 13.7. The SMILES string of the molecule is CNc1c(C=N)cccc1Oc1ccc(Oc2cccc(CC(=O)O)c2)c(C(F)(F)F)c1. The van der Waals surface area contributed by atoms with Gasteiger partial charge in [-0.15, -0.1) is 0 Å². The summed E-state index contributed by atoms with van der Waals surface area (Å²) in [4.78, 5) is 10.9. The number of carboxylic acids is 1. The zero-order valence-electron chi connectivity index (χ0n) is 16.9. The number of carboxylic acid groups (broad SMARTS) is 1. The lowest BCUT2D eigenvalue weighted by Gasteiger charge is -2.17. The molecule has 0 unspecified atom stereocenters. The van der Waals surface area contributed by atoms with Crippen molar-refractivity contribution in [2.24, 2.45) is 0 Å². The van der Waals surface area contributed by atoms with Gasteiger partial charge in [-0.1, -0.05) is 24.3 Å². The van der Waals surface area contributed by atoms with Crippen LogP contribution in [0.4, 0.5) is 18.9 Å². The Hall–Kier alpha value is -4.01. The molecule has 0 fully saturated rings. The zero-order valence-corrected chi connectivity index (χ0v) is 16.9. The number of aliphatic carboxylic acids is 1. The number of halogens is 3. The number of alkyl halides is 3. The van der Waals surface area contributed by atoms with Crippen LogP contribution < -0.4 is 14.8 Å². The Labute approximate surface area is 181 Å². The summed E-state index contributed by atoms with van der Waals surface area (Å²) < 4.78 is 52.3. The highest BCUT2D eigenvalue weighted by Gasteiger charge is 2.35. The van der Waals surface area contributed by atoms with Gasteiger partial charge in [0.25, 0.3) is 0 Å². The maximum atomic E-state index is 13.7. The fraction of sp³-hybridized carbons (Fsp3) is 0.130. The van der Waals surface area contributed by atoms with Crippen molar-refractivity contribution in [2.45, 2.75) is 12.6 Å². The Kier molecular flexibility index (Phi) is 6.67. The standard InChI is InChI=1S/C23H19F3N2O4/c1-28-22-15(13-27)5-3-7-20(22)32-17-8-9-19(18(12-17)23(24,25)26)31-16-6-2-4-14(10-16)11-21(29)30/h2-10,12-13,27-28H,11H2,1H3,(H,29,30). The largest absolute Gasteiger partial charge is 0.481 e. The fourth-order valence-electron chi connectivity index (χ4n) is 3.05. The van der Waals surface area contributed by atoms with E-state index in [4.69, 9.17) is 20.0 Å². The molecule has 3 rings (SSSR count). The van der Waals surface area contributed by atoms with Gasteiger partial charge in [0.05, 0.1) is 12.1 Å². The van der Waals surface area contributed by atoms with E-state index in [2.05, 4.69) is 5.32 Å². The molecule has 0 aliphatic rings. The number of rotatable bonds is 8. The summed E-state index contributed by atoms with van der Waals surface area (Å²) in [7, 11) is 1.62. The van der Waals surface area contributed by atoms with Gasteiger partial charge in [-0.3, -0.25) is 4.79 Å². The number of hydrogen-bond acceptors (Lipinski definition) is 5. The maximum Gasteiger partial charge on any atom is 0.420 e. The molecule has 0 spiro atoms. The number of ether oxygens (including phenoxy) is 2. The van der Waals surface area contributed by atoms with E-state index in [0.717, 1.165) is 18.3 Å². The average Bonchev–Trinajstić information content (AvgIpc) is 2.73. The van der Waals surface area contributed by atoms with Gasteiger partial charge in [-0.25, -0.2) is 0 Å². The second kappa shape index (κ2) is 9.42. The van der Waals surface area contributed by atoms with Crippen LogP contribution in [0.25, 0.3) is 0 Å². The zero-order chi connectivity index (χ0) is 23.3. The molecule has 32 heavy (non-hydrogen) atoms. The predicted molar refractivity (Wildman–Crippen MR) is 113 cm³/mol. The molecule has 3 aromatic carbocycles. The Morgan fingerprint density at radius 3 is 2.38 bits per heavy atom. The molecule has 166 valence electrons. The molecule has 0 amide bonds. The normalized spacial score (nSPS) is 11.0. The molecule has 9 heteroatoms. The predicted octanol–water partition coefficient (Wildman–Crippen LogP) is 5.96. The molecule has 0 bridgehead atoms. The van der Waals surface area contributed by atoms with Crippen LogP contribution >= 0.6 is 0 Å². The summed E-state index contributed by atoms with van der Waals surface area (Å²) in [5, 5.41) is 19.2. The number of nitrogens with one attached hydrogen (secondary N) is 2. The minimum atomic E-state index is -4.73. The summed E-state index contributed by atoms with van der Waals surface area (Å²) in [5.74, 6) is -1.23. The molecule has 0 saturated carbocycles. The van der Waals surface area contributed by atoms with E-state index in [1.165, 1.54) is 24.3 Å². The van der Waals surface area contributed by atoms with Crippen LogP contribution in [0, 0.1) is 5.41 Å². The van der Waals surface area contributed by atoms with E-state index in [0.29, 0.717) is 16.8 Å². The molecule has 0 heterocycles. The number of anilines is 1. The molecule has 0 atom stereocenters. The number of carbonyl (C=O) groups is 1. The number of benzene rings is 3. The van der Waals surface area contributed by atoms with Gasteiger partial charge >= 0.3 is 12.1 Å². The molecule has 0 aliphatic heterocycles. The summed E-state index contributed by atoms with van der Waals surface area (Å²) in [6, 6.07) is 14.0. The van der Waals surface area contributed by atoms with Crippen molar-refractivity contribution >= 4 is 17.9 Å². The van der Waals surface area contributed by atoms with Crippen molar-refractivity contribution in [3.8, 4) is 23.0 Å². The van der Waals surface area contributed by atoms with Crippen molar-refractivity contribution in [1.82, 2.24) is 0 Å². The van der Waals surface area contributed by atoms with Crippen LogP contribution in [-0.2, 0) is 17.4 Å². The monoisotopic (exact) mass is 444 g/mol. The Balaban J connectivity index is 1.94. The first kappa shape index (κ1) is 22.7. The van der Waals surface area contributed by atoms with Crippen LogP contribution in [0.2, 0.25) is 0 Å². The molecule has 0 aliphatic carbocycles. The highest BCUT2D eigenvalue weighted by Crippen LogP contribution is 2.42. The summed E-state index contributed by atoms with van der Waals surface area (Å²) in [5.41, 5.74) is 0.330. The minimum Gasteiger partial charge on any atom is -0.481 e. The number of hydrogen-bond donors (Lipinski definition) is 3. The lowest BCUT2D eigenvalue weighted by molar-refractivity contribution is -0.138. The molecule has 3 N–H and O–H groups in total. The van der Waals surface area contributed by atoms with Crippen LogP contribution in [-0.4, -0.2) is 24.3 Å². The average molecular weight is 444 g/mol. The lowest BCUT2D eigenvalue weighted by Crippen LogP contribution is -2.08. The molecular weight excluding hydrogens is 425 g/mol. The molecule has 3 aromatic rings. The van der Waals surface area contributed by atoms with Gasteiger partial charge in [0, 0.05) is 18.8 Å². The van der Waals surface area contributed by atoms with E-state index in [-0.39, 0.29) is 23.7 Å². The molecule has 0 radical (unpaired) electrons. The molecule has 6 nitrogen and oxygen atoms in total. The van der Waals surface area contributed by atoms with E-state index < -0.39 is 23.5 Å². The highest BCUT2D eigenvalue weighted by molar-refractivity contribution is 5.88. The Bertz CT molecular complexity index is 1150. The summed E-state index contributed by atoms with van der Waals surface area (Å²) in [6.45, 7) is 0. The quantitative estimate of drug-likeness (QED) is 0.373. The highest BCUT2D eigenvalue weighted by atomic mass is 19.4. The molecular formula is C23H19F3N2O4. The Morgan fingerprint density at radius 1 is 1.03 bits per heavy atom. The second-order valence-corrected chi connectivity index (χ2v) is 6.69. The smallest absolute Gasteiger partial charge is 0.420 e. The van der Waals surface area contributed by atoms with Gasteiger partial charge in [-0.2, -0.15) is 13.2 Å². The minimum absolute atomic E-state index is 0.0667. The van der Waals surface area contributed by atoms with Crippen LogP contribution in [0.1, 0.15) is 16.7 Å². The molecule has 0 aromatic heterocycles. The van der Waals surface area contributed by atoms with Gasteiger partial charge in [0.1, 0.15) is 22.8 Å². The first-order valence-corrected chi connectivity index (χ1v) is 9.40. The van der Waals surface area contributed by atoms with Crippen molar-refractivity contribution in [3.05, 3.63) is 77.4 Å². The second-order valence-electron chi connectivity index (χ2n) is 6.69. The third-order valence-corrected chi connectivity index (χ3v) is 4.43. The van der Waals surface area contributed by atoms with Gasteiger partial charge in [0.15, 0.2) is 5.75 Å². The third kappa shape index (κ3) is 5.37. The van der Waals surface area contributed by atoms with Crippen molar-refractivity contribution < 1.29 is 32.5 Å². The van der Waals surface area contributed by atoms with Gasteiger partial charge in [0.2, 0.25) is 0 Å². The van der Waals surface area contributed by atoms with E-state index in [9.17, 15) is 18.0 Å². The first-order chi connectivity index (χ1) is 15.2. The lowest BCUT2D eigenvalue weighted by atomic mass is 10.1. The van der Waals surface area contributed by atoms with Crippen LogP contribution in [0.3, 0.4) is 0 Å². The topological polar surface area (TPSA) is 91.6 Å². The first-order valence-electron chi connectivity index (χ1n) is 9.40. The number of para-hydroxylation sites is 1. The van der Waals surface area contributed by atoms with Crippen LogP contribution in [0.5, 0.6) is 23.0 Å². The Morgan fingerprint density at radius 2 is 1.72 bits per heavy atom. The van der Waals surface area contributed by atoms with E-state index in [1.54, 1.807) is 31.3 Å². The van der Waals surface area contributed by atoms with Gasteiger partial charge in [-0.05, 0) is 42.0 Å². The van der Waals surface area contributed by atoms with Crippen molar-refractivity contribution in [1.29, 1.82) is 5.41 Å². The third-order valence-electron chi connectivity index (χ3n) is 4.43. The van der Waals surface area contributed by atoms with E-state index in [1.807, 2.05) is 0 Å².